The zero-order chi connectivity index (χ0) is 13.2. The lowest BCUT2D eigenvalue weighted by atomic mass is 9.77. The molecule has 4 nitrogen and oxygen atoms in total. The van der Waals surface area contributed by atoms with Crippen molar-refractivity contribution in [1.82, 2.24) is 10.6 Å². The van der Waals surface area contributed by atoms with E-state index in [9.17, 15) is 4.79 Å². The average Bonchev–Trinajstić information content (AvgIpc) is 2.73. The molecular formula is C14H26N2O2. The van der Waals surface area contributed by atoms with Gasteiger partial charge in [0.2, 0.25) is 5.91 Å². The molecule has 2 aliphatic rings. The summed E-state index contributed by atoms with van der Waals surface area (Å²) in [5.74, 6) is 0.403. The number of hydrogen-bond donors (Lipinski definition) is 2. The molecule has 2 rings (SSSR count). The Bertz CT molecular complexity index is 304. The summed E-state index contributed by atoms with van der Waals surface area (Å²) in [5, 5.41) is 6.56. The van der Waals surface area contributed by atoms with E-state index in [-0.39, 0.29) is 17.4 Å². The summed E-state index contributed by atoms with van der Waals surface area (Å²) >= 11 is 0. The molecule has 104 valence electrons. The third kappa shape index (κ3) is 3.04. The van der Waals surface area contributed by atoms with Gasteiger partial charge in [-0.05, 0) is 37.1 Å². The molecule has 2 N–H and O–H groups in total. The number of carbonyl (C=O) groups is 1. The second-order valence-corrected chi connectivity index (χ2v) is 6.40. The molecule has 0 saturated carbocycles. The van der Waals surface area contributed by atoms with Gasteiger partial charge in [0.05, 0.1) is 0 Å². The fourth-order valence-corrected chi connectivity index (χ4v) is 2.95. The SMILES string of the molecule is CC1CCOC1C(=O)NCC1NCCCC1(C)C. The molecule has 2 heterocycles. The predicted molar refractivity (Wildman–Crippen MR) is 71.3 cm³/mol. The molecule has 3 unspecified atom stereocenters. The van der Waals surface area contributed by atoms with E-state index in [2.05, 4.69) is 31.4 Å². The van der Waals surface area contributed by atoms with Gasteiger partial charge in [-0.25, -0.2) is 0 Å². The summed E-state index contributed by atoms with van der Waals surface area (Å²) in [6, 6.07) is 0.368. The van der Waals surface area contributed by atoms with Gasteiger partial charge in [-0.2, -0.15) is 0 Å². The molecule has 0 aromatic rings. The maximum atomic E-state index is 12.0. The van der Waals surface area contributed by atoms with Crippen molar-refractivity contribution in [1.29, 1.82) is 0 Å². The first kappa shape index (κ1) is 13.8. The van der Waals surface area contributed by atoms with E-state index in [1.807, 2.05) is 0 Å². The smallest absolute Gasteiger partial charge is 0.249 e. The number of amides is 1. The van der Waals surface area contributed by atoms with Gasteiger partial charge in [0.1, 0.15) is 6.10 Å². The summed E-state index contributed by atoms with van der Waals surface area (Å²) in [5.41, 5.74) is 0.258. The molecule has 0 spiro atoms. The lowest BCUT2D eigenvalue weighted by molar-refractivity contribution is -0.131. The van der Waals surface area contributed by atoms with Crippen LogP contribution in [-0.2, 0) is 9.53 Å². The maximum Gasteiger partial charge on any atom is 0.249 e. The molecule has 0 aromatic carbocycles. The lowest BCUT2D eigenvalue weighted by Gasteiger charge is -2.39. The number of piperidine rings is 1. The highest BCUT2D eigenvalue weighted by Gasteiger charge is 2.34. The van der Waals surface area contributed by atoms with Crippen LogP contribution in [0.2, 0.25) is 0 Å². The lowest BCUT2D eigenvalue weighted by Crippen LogP contribution is -2.54. The highest BCUT2D eigenvalue weighted by molar-refractivity contribution is 5.81. The summed E-state index contributed by atoms with van der Waals surface area (Å²) in [7, 11) is 0. The minimum atomic E-state index is -0.239. The van der Waals surface area contributed by atoms with E-state index >= 15 is 0 Å². The minimum absolute atomic E-state index is 0.0585. The second kappa shape index (κ2) is 5.57. The van der Waals surface area contributed by atoms with E-state index in [1.165, 1.54) is 12.8 Å². The van der Waals surface area contributed by atoms with Crippen molar-refractivity contribution < 1.29 is 9.53 Å². The zero-order valence-corrected chi connectivity index (χ0v) is 11.8. The van der Waals surface area contributed by atoms with Crippen LogP contribution < -0.4 is 10.6 Å². The van der Waals surface area contributed by atoms with E-state index < -0.39 is 0 Å². The van der Waals surface area contributed by atoms with Crippen LogP contribution in [-0.4, -0.2) is 37.7 Å². The molecule has 0 radical (unpaired) electrons. The van der Waals surface area contributed by atoms with Crippen molar-refractivity contribution in [2.45, 2.75) is 52.2 Å². The van der Waals surface area contributed by atoms with E-state index in [1.54, 1.807) is 0 Å². The number of ether oxygens (including phenoxy) is 1. The Kier molecular flexibility index (Phi) is 4.28. The normalized spacial score (nSPS) is 35.4. The fraction of sp³-hybridized carbons (Fsp3) is 0.929. The van der Waals surface area contributed by atoms with Crippen LogP contribution in [0.15, 0.2) is 0 Å². The minimum Gasteiger partial charge on any atom is -0.368 e. The number of carbonyl (C=O) groups excluding carboxylic acids is 1. The van der Waals surface area contributed by atoms with Crippen molar-refractivity contribution in [2.75, 3.05) is 19.7 Å². The predicted octanol–water partition coefficient (Wildman–Crippen LogP) is 1.31. The maximum absolute atomic E-state index is 12.0. The van der Waals surface area contributed by atoms with Gasteiger partial charge in [-0.1, -0.05) is 20.8 Å². The Balaban J connectivity index is 1.81. The van der Waals surface area contributed by atoms with Crippen LogP contribution in [0.5, 0.6) is 0 Å². The fourth-order valence-electron chi connectivity index (χ4n) is 2.95. The molecule has 0 aromatic heterocycles. The molecule has 2 aliphatic heterocycles. The zero-order valence-electron chi connectivity index (χ0n) is 11.8. The molecule has 0 bridgehead atoms. The summed E-state index contributed by atoms with van der Waals surface area (Å²) in [6.45, 7) is 9.10. The summed E-state index contributed by atoms with van der Waals surface area (Å²) in [4.78, 5) is 12.0. The van der Waals surface area contributed by atoms with Crippen LogP contribution in [0.25, 0.3) is 0 Å². The van der Waals surface area contributed by atoms with Gasteiger partial charge >= 0.3 is 0 Å². The Labute approximate surface area is 110 Å². The van der Waals surface area contributed by atoms with E-state index in [0.29, 0.717) is 25.1 Å². The topological polar surface area (TPSA) is 50.4 Å². The average molecular weight is 254 g/mol. The highest BCUT2D eigenvalue weighted by Crippen LogP contribution is 2.29. The monoisotopic (exact) mass is 254 g/mol. The quantitative estimate of drug-likeness (QED) is 0.798. The van der Waals surface area contributed by atoms with Crippen molar-refractivity contribution in [3.8, 4) is 0 Å². The molecule has 18 heavy (non-hydrogen) atoms. The largest absolute Gasteiger partial charge is 0.368 e. The van der Waals surface area contributed by atoms with Crippen LogP contribution in [0.3, 0.4) is 0 Å². The first-order valence-electron chi connectivity index (χ1n) is 7.13. The number of hydrogen-bond acceptors (Lipinski definition) is 3. The standard InChI is InChI=1S/C14H26N2O2/c1-10-5-8-18-12(10)13(17)16-9-11-14(2,3)6-4-7-15-11/h10-12,15H,4-9H2,1-3H3,(H,16,17). The number of nitrogens with one attached hydrogen (secondary N) is 2. The Hall–Kier alpha value is -0.610. The molecule has 0 aliphatic carbocycles. The Morgan fingerprint density at radius 3 is 2.89 bits per heavy atom. The van der Waals surface area contributed by atoms with Crippen molar-refractivity contribution in [3.05, 3.63) is 0 Å². The molecule has 2 fully saturated rings. The summed E-state index contributed by atoms with van der Waals surface area (Å²) in [6.07, 6.45) is 3.19. The van der Waals surface area contributed by atoms with Gasteiger partial charge in [-0.3, -0.25) is 4.79 Å². The van der Waals surface area contributed by atoms with Gasteiger partial charge in [0, 0.05) is 19.2 Å². The molecular weight excluding hydrogens is 228 g/mol. The van der Waals surface area contributed by atoms with E-state index in [0.717, 1.165) is 13.0 Å². The Morgan fingerprint density at radius 2 is 2.28 bits per heavy atom. The van der Waals surface area contributed by atoms with Crippen molar-refractivity contribution in [3.63, 3.8) is 0 Å². The third-order valence-electron chi connectivity index (χ3n) is 4.46. The van der Waals surface area contributed by atoms with Gasteiger partial charge in [-0.15, -0.1) is 0 Å². The highest BCUT2D eigenvalue weighted by atomic mass is 16.5. The molecule has 2 saturated heterocycles. The molecule has 3 atom stereocenters. The molecule has 4 heteroatoms. The van der Waals surface area contributed by atoms with Crippen LogP contribution in [0.1, 0.15) is 40.0 Å². The third-order valence-corrected chi connectivity index (χ3v) is 4.46. The van der Waals surface area contributed by atoms with Gasteiger partial charge in [0.25, 0.3) is 0 Å². The summed E-state index contributed by atoms with van der Waals surface area (Å²) < 4.78 is 5.49. The van der Waals surface area contributed by atoms with Crippen LogP contribution >= 0.6 is 0 Å². The van der Waals surface area contributed by atoms with Crippen molar-refractivity contribution in [2.24, 2.45) is 11.3 Å². The van der Waals surface area contributed by atoms with Crippen LogP contribution in [0.4, 0.5) is 0 Å². The van der Waals surface area contributed by atoms with Gasteiger partial charge in [0.15, 0.2) is 0 Å². The Morgan fingerprint density at radius 1 is 1.50 bits per heavy atom. The first-order valence-corrected chi connectivity index (χ1v) is 7.13. The van der Waals surface area contributed by atoms with Crippen molar-refractivity contribution >= 4 is 5.91 Å². The number of rotatable bonds is 3. The van der Waals surface area contributed by atoms with E-state index in [4.69, 9.17) is 4.74 Å². The first-order chi connectivity index (χ1) is 8.50. The molecule has 1 amide bonds. The second-order valence-electron chi connectivity index (χ2n) is 6.40. The van der Waals surface area contributed by atoms with Crippen LogP contribution in [0, 0.1) is 11.3 Å². The van der Waals surface area contributed by atoms with Gasteiger partial charge < -0.3 is 15.4 Å².